The van der Waals surface area contributed by atoms with Crippen LogP contribution in [0.4, 0.5) is 0 Å². The topological polar surface area (TPSA) is 69.2 Å². The lowest BCUT2D eigenvalue weighted by Crippen LogP contribution is -2.18. The Bertz CT molecular complexity index is 1050. The van der Waals surface area contributed by atoms with E-state index in [0.717, 1.165) is 10.8 Å². The number of methoxy groups -OCH3 is 3. The van der Waals surface area contributed by atoms with Crippen molar-refractivity contribution in [1.29, 1.82) is 0 Å². The summed E-state index contributed by atoms with van der Waals surface area (Å²) in [5.74, 6) is 0.996. The van der Waals surface area contributed by atoms with E-state index < -0.39 is 0 Å². The van der Waals surface area contributed by atoms with E-state index in [2.05, 4.69) is 10.5 Å². The molecule has 0 spiro atoms. The molecule has 0 aromatic heterocycles. The standard InChI is InChI=1S/C21H19ClN2O4/c1-26-18-11-15-7-5-4-6-14(15)10-16(18)21(25)24-23-12-13-8-17(22)20(28-3)19(9-13)27-2/h4-12H,1-3H3,(H,24,25). The highest BCUT2D eigenvalue weighted by Crippen LogP contribution is 2.35. The first kappa shape index (κ1) is 19.5. The van der Waals surface area contributed by atoms with E-state index in [9.17, 15) is 4.79 Å². The van der Waals surface area contributed by atoms with Crippen LogP contribution in [0.15, 0.2) is 53.6 Å². The fourth-order valence-corrected chi connectivity index (χ4v) is 3.10. The molecule has 0 aliphatic heterocycles. The van der Waals surface area contributed by atoms with Crippen molar-refractivity contribution in [3.8, 4) is 17.2 Å². The van der Waals surface area contributed by atoms with Crippen LogP contribution in [-0.4, -0.2) is 33.5 Å². The number of rotatable bonds is 6. The predicted molar refractivity (Wildman–Crippen MR) is 110 cm³/mol. The Morgan fingerprint density at radius 2 is 1.64 bits per heavy atom. The number of hydrogen-bond donors (Lipinski definition) is 1. The number of halogens is 1. The van der Waals surface area contributed by atoms with Crippen LogP contribution in [0.2, 0.25) is 5.02 Å². The quantitative estimate of drug-likeness (QED) is 0.497. The predicted octanol–water partition coefficient (Wildman–Crippen LogP) is 4.28. The van der Waals surface area contributed by atoms with Crippen molar-refractivity contribution in [2.75, 3.05) is 21.3 Å². The van der Waals surface area contributed by atoms with Gasteiger partial charge in [-0.3, -0.25) is 4.79 Å². The number of carbonyl (C=O) groups is 1. The lowest BCUT2D eigenvalue weighted by atomic mass is 10.1. The van der Waals surface area contributed by atoms with Crippen LogP contribution in [0.1, 0.15) is 15.9 Å². The SMILES string of the molecule is COc1cc2ccccc2cc1C(=O)NN=Cc1cc(Cl)c(OC)c(OC)c1. The van der Waals surface area contributed by atoms with Gasteiger partial charge in [-0.05, 0) is 40.6 Å². The van der Waals surface area contributed by atoms with Crippen LogP contribution in [0.25, 0.3) is 10.8 Å². The maximum Gasteiger partial charge on any atom is 0.275 e. The van der Waals surface area contributed by atoms with Gasteiger partial charge in [-0.1, -0.05) is 35.9 Å². The van der Waals surface area contributed by atoms with Gasteiger partial charge in [0.25, 0.3) is 5.91 Å². The molecule has 3 rings (SSSR count). The van der Waals surface area contributed by atoms with E-state index in [0.29, 0.717) is 33.4 Å². The smallest absolute Gasteiger partial charge is 0.275 e. The number of nitrogens with one attached hydrogen (secondary N) is 1. The maximum absolute atomic E-state index is 12.6. The monoisotopic (exact) mass is 398 g/mol. The summed E-state index contributed by atoms with van der Waals surface area (Å²) in [6, 6.07) is 14.7. The van der Waals surface area contributed by atoms with Crippen molar-refractivity contribution in [3.05, 3.63) is 64.7 Å². The first-order valence-corrected chi connectivity index (χ1v) is 8.77. The first-order valence-electron chi connectivity index (χ1n) is 8.39. The van der Waals surface area contributed by atoms with Gasteiger partial charge in [-0.2, -0.15) is 5.10 Å². The molecule has 3 aromatic carbocycles. The van der Waals surface area contributed by atoms with E-state index in [1.807, 2.05) is 30.3 Å². The molecule has 0 bridgehead atoms. The highest BCUT2D eigenvalue weighted by atomic mass is 35.5. The Morgan fingerprint density at radius 1 is 0.964 bits per heavy atom. The highest BCUT2D eigenvalue weighted by molar-refractivity contribution is 6.32. The number of hydrogen-bond acceptors (Lipinski definition) is 5. The Hall–Kier alpha value is -3.25. The zero-order valence-corrected chi connectivity index (χ0v) is 16.4. The molecule has 0 unspecified atom stereocenters. The minimum atomic E-state index is -0.384. The number of hydrazone groups is 1. The highest BCUT2D eigenvalue weighted by Gasteiger charge is 2.13. The lowest BCUT2D eigenvalue weighted by Gasteiger charge is -2.10. The van der Waals surface area contributed by atoms with Crippen molar-refractivity contribution in [2.24, 2.45) is 5.10 Å². The molecule has 28 heavy (non-hydrogen) atoms. The van der Waals surface area contributed by atoms with E-state index in [4.69, 9.17) is 25.8 Å². The normalized spacial score (nSPS) is 10.9. The van der Waals surface area contributed by atoms with Crippen molar-refractivity contribution >= 4 is 34.5 Å². The molecule has 0 fully saturated rings. The number of ether oxygens (including phenoxy) is 3. The van der Waals surface area contributed by atoms with Crippen LogP contribution in [0.5, 0.6) is 17.2 Å². The van der Waals surface area contributed by atoms with Gasteiger partial charge in [0.05, 0.1) is 38.1 Å². The molecule has 6 nitrogen and oxygen atoms in total. The molecular formula is C21H19ClN2O4. The van der Waals surface area contributed by atoms with Crippen molar-refractivity contribution in [3.63, 3.8) is 0 Å². The molecule has 0 radical (unpaired) electrons. The minimum Gasteiger partial charge on any atom is -0.496 e. The van der Waals surface area contributed by atoms with Gasteiger partial charge < -0.3 is 14.2 Å². The summed E-state index contributed by atoms with van der Waals surface area (Å²) in [5.41, 5.74) is 3.55. The van der Waals surface area contributed by atoms with Crippen LogP contribution in [0, 0.1) is 0 Å². The molecule has 0 saturated carbocycles. The number of amides is 1. The number of benzene rings is 3. The molecule has 3 aromatic rings. The van der Waals surface area contributed by atoms with E-state index in [1.165, 1.54) is 27.5 Å². The molecule has 0 heterocycles. The number of fused-ring (bicyclic) bond motifs is 1. The second-order valence-electron chi connectivity index (χ2n) is 5.84. The summed E-state index contributed by atoms with van der Waals surface area (Å²) in [6.07, 6.45) is 1.47. The largest absolute Gasteiger partial charge is 0.496 e. The third-order valence-electron chi connectivity index (χ3n) is 4.15. The summed E-state index contributed by atoms with van der Waals surface area (Å²) in [4.78, 5) is 12.6. The Kier molecular flexibility index (Phi) is 6.01. The van der Waals surface area contributed by atoms with Gasteiger partial charge in [-0.25, -0.2) is 5.43 Å². The molecule has 7 heteroatoms. The van der Waals surface area contributed by atoms with Crippen LogP contribution >= 0.6 is 11.6 Å². The molecule has 0 aliphatic carbocycles. The fraction of sp³-hybridized carbons (Fsp3) is 0.143. The fourth-order valence-electron chi connectivity index (χ4n) is 2.80. The van der Waals surface area contributed by atoms with Gasteiger partial charge in [0.2, 0.25) is 0 Å². The van der Waals surface area contributed by atoms with Gasteiger partial charge in [0.15, 0.2) is 11.5 Å². The van der Waals surface area contributed by atoms with Gasteiger partial charge in [0, 0.05) is 0 Å². The molecule has 0 saturated heterocycles. The summed E-state index contributed by atoms with van der Waals surface area (Å²) < 4.78 is 15.8. The third kappa shape index (κ3) is 4.02. The lowest BCUT2D eigenvalue weighted by molar-refractivity contribution is 0.0952. The van der Waals surface area contributed by atoms with Crippen molar-refractivity contribution in [1.82, 2.24) is 5.43 Å². The Balaban J connectivity index is 1.82. The van der Waals surface area contributed by atoms with Crippen LogP contribution < -0.4 is 19.6 Å². The van der Waals surface area contributed by atoms with Gasteiger partial charge >= 0.3 is 0 Å². The van der Waals surface area contributed by atoms with E-state index in [-0.39, 0.29) is 5.91 Å². The average Bonchev–Trinajstić information content (AvgIpc) is 2.72. The zero-order chi connectivity index (χ0) is 20.1. The average molecular weight is 399 g/mol. The third-order valence-corrected chi connectivity index (χ3v) is 4.43. The number of carbonyl (C=O) groups excluding carboxylic acids is 1. The molecule has 1 amide bonds. The maximum atomic E-state index is 12.6. The van der Waals surface area contributed by atoms with Gasteiger partial charge in [-0.15, -0.1) is 0 Å². The van der Waals surface area contributed by atoms with Gasteiger partial charge in [0.1, 0.15) is 5.75 Å². The van der Waals surface area contributed by atoms with Crippen molar-refractivity contribution < 1.29 is 19.0 Å². The number of nitrogens with zero attached hydrogens (tertiary/aromatic N) is 1. The summed E-state index contributed by atoms with van der Waals surface area (Å²) >= 11 is 6.18. The van der Waals surface area contributed by atoms with Crippen LogP contribution in [0.3, 0.4) is 0 Å². The first-order chi connectivity index (χ1) is 13.6. The Labute approximate surface area is 167 Å². The molecule has 0 aliphatic rings. The Morgan fingerprint density at radius 3 is 2.29 bits per heavy atom. The molecule has 144 valence electrons. The summed E-state index contributed by atoms with van der Waals surface area (Å²) in [6.45, 7) is 0. The summed E-state index contributed by atoms with van der Waals surface area (Å²) in [5, 5.41) is 6.31. The minimum absolute atomic E-state index is 0.380. The van der Waals surface area contributed by atoms with Crippen molar-refractivity contribution in [2.45, 2.75) is 0 Å². The zero-order valence-electron chi connectivity index (χ0n) is 15.7. The molecule has 1 N–H and O–H groups in total. The second kappa shape index (κ2) is 8.63. The van der Waals surface area contributed by atoms with E-state index >= 15 is 0 Å². The molecule has 0 atom stereocenters. The van der Waals surface area contributed by atoms with E-state index in [1.54, 1.807) is 18.2 Å². The molecular weight excluding hydrogens is 380 g/mol. The summed E-state index contributed by atoms with van der Waals surface area (Å²) in [7, 11) is 4.55. The second-order valence-corrected chi connectivity index (χ2v) is 6.24. The van der Waals surface area contributed by atoms with Crippen LogP contribution in [-0.2, 0) is 0 Å².